The van der Waals surface area contributed by atoms with Gasteiger partial charge in [-0.1, -0.05) is 12.2 Å². The Bertz CT molecular complexity index is 120. The van der Waals surface area contributed by atoms with Gasteiger partial charge in [-0.15, -0.1) is 0 Å². The van der Waals surface area contributed by atoms with Gasteiger partial charge < -0.3 is 10.8 Å². The minimum Gasteiger partial charge on any atom is -0.480 e. The van der Waals surface area contributed by atoms with E-state index in [4.69, 9.17) is 10.8 Å². The fourth-order valence-corrected chi connectivity index (χ4v) is 0.384. The van der Waals surface area contributed by atoms with Gasteiger partial charge in [-0.3, -0.25) is 4.79 Å². The van der Waals surface area contributed by atoms with Crippen LogP contribution in [-0.4, -0.2) is 17.1 Å². The molecule has 1 atom stereocenters. The van der Waals surface area contributed by atoms with Gasteiger partial charge in [0.25, 0.3) is 0 Å². The van der Waals surface area contributed by atoms with Gasteiger partial charge in [0.1, 0.15) is 6.04 Å². The van der Waals surface area contributed by atoms with E-state index in [0.29, 0.717) is 6.42 Å². The highest BCUT2D eigenvalue weighted by Gasteiger charge is 2.07. The number of hydrogen-bond donors (Lipinski definition) is 2. The van der Waals surface area contributed by atoms with Gasteiger partial charge in [-0.05, 0) is 13.3 Å². The number of allylic oxidation sites excluding steroid dienone is 1. The van der Waals surface area contributed by atoms with Crippen molar-refractivity contribution in [2.45, 2.75) is 19.4 Å². The number of carboxylic acid groups (broad SMARTS) is 1. The second kappa shape index (κ2) is 4.09. The first-order chi connectivity index (χ1) is 4.18. The number of carboxylic acids is 1. The Morgan fingerprint density at radius 1 is 1.89 bits per heavy atom. The van der Waals surface area contributed by atoms with Crippen LogP contribution in [0.4, 0.5) is 0 Å². The van der Waals surface area contributed by atoms with Gasteiger partial charge in [-0.25, -0.2) is 0 Å². The van der Waals surface area contributed by atoms with Crippen molar-refractivity contribution < 1.29 is 9.90 Å². The average Bonchev–Trinajstić information content (AvgIpc) is 1.82. The van der Waals surface area contributed by atoms with Gasteiger partial charge in [0.2, 0.25) is 0 Å². The van der Waals surface area contributed by atoms with E-state index in [-0.39, 0.29) is 0 Å². The number of rotatable bonds is 3. The second-order valence-electron chi connectivity index (χ2n) is 1.75. The van der Waals surface area contributed by atoms with Crippen LogP contribution in [0.2, 0.25) is 0 Å². The highest BCUT2D eigenvalue weighted by atomic mass is 16.4. The van der Waals surface area contributed by atoms with Crippen molar-refractivity contribution >= 4 is 5.97 Å². The first-order valence-electron chi connectivity index (χ1n) is 2.78. The van der Waals surface area contributed by atoms with Crippen LogP contribution in [0.1, 0.15) is 13.3 Å². The Labute approximate surface area is 54.2 Å². The lowest BCUT2D eigenvalue weighted by Crippen LogP contribution is -2.29. The molecule has 0 saturated heterocycles. The van der Waals surface area contributed by atoms with Crippen LogP contribution >= 0.6 is 0 Å². The van der Waals surface area contributed by atoms with Crippen molar-refractivity contribution in [2.24, 2.45) is 5.73 Å². The minimum absolute atomic E-state index is 0.409. The second-order valence-corrected chi connectivity index (χ2v) is 1.75. The fourth-order valence-electron chi connectivity index (χ4n) is 0.384. The lowest BCUT2D eigenvalue weighted by atomic mass is 10.2. The summed E-state index contributed by atoms with van der Waals surface area (Å²) < 4.78 is 0. The number of aliphatic carboxylic acids is 1. The predicted molar refractivity (Wildman–Crippen MR) is 35.0 cm³/mol. The summed E-state index contributed by atoms with van der Waals surface area (Å²) in [6.07, 6.45) is 3.92. The molecule has 0 unspecified atom stereocenters. The number of nitrogens with two attached hydrogens (primary N) is 1. The van der Waals surface area contributed by atoms with Crippen LogP contribution in [0.3, 0.4) is 0 Å². The van der Waals surface area contributed by atoms with Gasteiger partial charge >= 0.3 is 5.97 Å². The van der Waals surface area contributed by atoms with Crippen molar-refractivity contribution in [2.75, 3.05) is 0 Å². The molecule has 0 saturated carbocycles. The molecule has 3 heteroatoms. The topological polar surface area (TPSA) is 63.3 Å². The normalized spacial score (nSPS) is 14.0. The summed E-state index contributed by atoms with van der Waals surface area (Å²) in [5.41, 5.74) is 5.15. The van der Waals surface area contributed by atoms with Crippen molar-refractivity contribution in [3.8, 4) is 0 Å². The maximum atomic E-state index is 10.0. The molecular weight excluding hydrogens is 118 g/mol. The Balaban J connectivity index is 3.50. The summed E-state index contributed by atoms with van der Waals surface area (Å²) in [5.74, 6) is -0.951. The van der Waals surface area contributed by atoms with Crippen LogP contribution in [0.25, 0.3) is 0 Å². The van der Waals surface area contributed by atoms with E-state index in [1.165, 1.54) is 0 Å². The van der Waals surface area contributed by atoms with Gasteiger partial charge in [0.15, 0.2) is 0 Å². The summed E-state index contributed by atoms with van der Waals surface area (Å²) in [4.78, 5) is 10.0. The molecule has 0 heterocycles. The van der Waals surface area contributed by atoms with Crippen molar-refractivity contribution in [3.63, 3.8) is 0 Å². The van der Waals surface area contributed by atoms with Crippen LogP contribution in [0.15, 0.2) is 12.2 Å². The highest BCUT2D eigenvalue weighted by molar-refractivity contribution is 5.73. The molecule has 0 amide bonds. The Hall–Kier alpha value is -0.830. The zero-order chi connectivity index (χ0) is 7.28. The average molecular weight is 129 g/mol. The first kappa shape index (κ1) is 8.17. The van der Waals surface area contributed by atoms with E-state index < -0.39 is 12.0 Å². The summed E-state index contributed by atoms with van der Waals surface area (Å²) in [6.45, 7) is 1.83. The lowest BCUT2D eigenvalue weighted by Gasteiger charge is -1.98. The monoisotopic (exact) mass is 129 g/mol. The molecule has 0 aliphatic carbocycles. The molecule has 9 heavy (non-hydrogen) atoms. The van der Waals surface area contributed by atoms with Crippen LogP contribution < -0.4 is 5.73 Å². The molecular formula is C6H11NO2. The van der Waals surface area contributed by atoms with E-state index in [9.17, 15) is 4.79 Å². The third-order valence-corrected chi connectivity index (χ3v) is 0.943. The van der Waals surface area contributed by atoms with Crippen molar-refractivity contribution in [3.05, 3.63) is 12.2 Å². The van der Waals surface area contributed by atoms with Crippen molar-refractivity contribution in [1.82, 2.24) is 0 Å². The maximum absolute atomic E-state index is 10.0. The maximum Gasteiger partial charge on any atom is 0.320 e. The summed E-state index contributed by atoms with van der Waals surface area (Å²) in [6, 6.07) is -0.749. The molecule has 0 aliphatic rings. The number of carbonyl (C=O) groups is 1. The Morgan fingerprint density at radius 3 is 2.78 bits per heavy atom. The van der Waals surface area contributed by atoms with Crippen LogP contribution in [0, 0.1) is 0 Å². The van der Waals surface area contributed by atoms with E-state index >= 15 is 0 Å². The Kier molecular flexibility index (Phi) is 3.71. The Morgan fingerprint density at radius 2 is 2.44 bits per heavy atom. The van der Waals surface area contributed by atoms with Gasteiger partial charge in [-0.2, -0.15) is 0 Å². The standard InChI is InChI=1S/C6H11NO2/c1-2-3-4-5(7)6(8)9/h2-3,5H,4,7H2,1H3,(H,8,9)/t5-/m0/s1. The van der Waals surface area contributed by atoms with E-state index in [1.54, 1.807) is 12.2 Å². The van der Waals surface area contributed by atoms with Gasteiger partial charge in [0, 0.05) is 0 Å². The van der Waals surface area contributed by atoms with Gasteiger partial charge in [0.05, 0.1) is 0 Å². The van der Waals surface area contributed by atoms with E-state index in [2.05, 4.69) is 0 Å². The third kappa shape index (κ3) is 3.73. The molecule has 3 nitrogen and oxygen atoms in total. The molecule has 3 N–H and O–H groups in total. The predicted octanol–water partition coefficient (Wildman–Crippen LogP) is 0.365. The molecule has 52 valence electrons. The SMILES string of the molecule is CC=CC[C@H](N)C(=O)O. The summed E-state index contributed by atoms with van der Waals surface area (Å²) >= 11 is 0. The lowest BCUT2D eigenvalue weighted by molar-refractivity contribution is -0.138. The summed E-state index contributed by atoms with van der Waals surface area (Å²) in [7, 11) is 0. The molecule has 0 aromatic heterocycles. The fraction of sp³-hybridized carbons (Fsp3) is 0.500. The zero-order valence-corrected chi connectivity index (χ0v) is 5.37. The molecule has 0 rings (SSSR count). The third-order valence-electron chi connectivity index (χ3n) is 0.943. The molecule has 0 bridgehead atoms. The van der Waals surface area contributed by atoms with Crippen LogP contribution in [-0.2, 0) is 4.79 Å². The quantitative estimate of drug-likeness (QED) is 0.541. The highest BCUT2D eigenvalue weighted by Crippen LogP contribution is 1.88. The van der Waals surface area contributed by atoms with E-state index in [0.717, 1.165) is 0 Å². The molecule has 0 radical (unpaired) electrons. The molecule has 0 spiro atoms. The molecule has 0 aromatic rings. The molecule has 0 aliphatic heterocycles. The number of hydrogen-bond acceptors (Lipinski definition) is 2. The minimum atomic E-state index is -0.951. The molecule has 0 fully saturated rings. The zero-order valence-electron chi connectivity index (χ0n) is 5.37. The summed E-state index contributed by atoms with van der Waals surface area (Å²) in [5, 5.41) is 8.25. The first-order valence-corrected chi connectivity index (χ1v) is 2.78. The van der Waals surface area contributed by atoms with Crippen LogP contribution in [0.5, 0.6) is 0 Å². The van der Waals surface area contributed by atoms with E-state index in [1.807, 2.05) is 6.92 Å². The largest absolute Gasteiger partial charge is 0.480 e. The molecule has 0 aromatic carbocycles. The smallest absolute Gasteiger partial charge is 0.320 e. The van der Waals surface area contributed by atoms with Crippen molar-refractivity contribution in [1.29, 1.82) is 0 Å².